The van der Waals surface area contributed by atoms with Crippen molar-refractivity contribution in [2.75, 3.05) is 26.2 Å². The molecule has 1 N–H and O–H groups in total. The van der Waals surface area contributed by atoms with Crippen LogP contribution in [0.15, 0.2) is 60.8 Å². The number of carbonyl (C=O) groups is 2. The maximum atomic E-state index is 13.1. The summed E-state index contributed by atoms with van der Waals surface area (Å²) in [5.41, 5.74) is 2.55. The van der Waals surface area contributed by atoms with E-state index in [9.17, 15) is 9.59 Å². The Morgan fingerprint density at radius 1 is 0.828 bits per heavy atom. The van der Waals surface area contributed by atoms with Crippen molar-refractivity contribution in [3.8, 4) is 0 Å². The largest absolute Gasteiger partial charge is 0.361 e. The summed E-state index contributed by atoms with van der Waals surface area (Å²) in [5.74, 6) is 0.198. The van der Waals surface area contributed by atoms with Crippen LogP contribution in [-0.2, 0) is 0 Å². The number of carbonyl (C=O) groups excluding carboxylic acids is 2. The standard InChI is InChI=1S/C24H25N3O2/c28-22(18-5-2-1-3-6-18)26-13-4-10-24(16-26)11-14-27(17-24)23(29)20-7-8-21-19(15-20)9-12-25-21/h1-3,5-9,12,15,25H,4,10-11,13-14,16-17H2. The molecule has 2 amide bonds. The maximum absolute atomic E-state index is 13.1. The molecule has 1 aromatic heterocycles. The number of nitrogens with one attached hydrogen (secondary N) is 1. The van der Waals surface area contributed by atoms with Gasteiger partial charge < -0.3 is 14.8 Å². The van der Waals surface area contributed by atoms with Crippen LogP contribution in [0, 0.1) is 5.41 Å². The van der Waals surface area contributed by atoms with Crippen LogP contribution in [0.2, 0.25) is 0 Å². The van der Waals surface area contributed by atoms with Crippen molar-refractivity contribution in [2.24, 2.45) is 5.41 Å². The summed E-state index contributed by atoms with van der Waals surface area (Å²) in [5, 5.41) is 1.06. The van der Waals surface area contributed by atoms with E-state index in [2.05, 4.69) is 4.98 Å². The highest BCUT2D eigenvalue weighted by Gasteiger charge is 2.44. The van der Waals surface area contributed by atoms with Crippen molar-refractivity contribution in [3.05, 3.63) is 71.9 Å². The third-order valence-corrected chi connectivity index (χ3v) is 6.50. The SMILES string of the molecule is O=C(c1ccccc1)N1CCCC2(CCN(C(=O)c3ccc4[nH]ccc4c3)C2)C1. The summed E-state index contributed by atoms with van der Waals surface area (Å²) in [6, 6.07) is 17.3. The van der Waals surface area contributed by atoms with Crippen LogP contribution < -0.4 is 0 Å². The van der Waals surface area contributed by atoms with E-state index in [0.717, 1.165) is 67.5 Å². The highest BCUT2D eigenvalue weighted by atomic mass is 16.2. The molecule has 3 heterocycles. The van der Waals surface area contributed by atoms with Gasteiger partial charge in [-0.15, -0.1) is 0 Å². The van der Waals surface area contributed by atoms with Gasteiger partial charge in [-0.2, -0.15) is 0 Å². The Balaban J connectivity index is 1.31. The van der Waals surface area contributed by atoms with E-state index >= 15 is 0 Å². The van der Waals surface area contributed by atoms with Gasteiger partial charge in [0.05, 0.1) is 0 Å². The number of likely N-dealkylation sites (tertiary alicyclic amines) is 2. The Bertz CT molecular complexity index is 1060. The molecule has 29 heavy (non-hydrogen) atoms. The second kappa shape index (κ2) is 7.07. The molecule has 2 aliphatic heterocycles. The summed E-state index contributed by atoms with van der Waals surface area (Å²) in [6.45, 7) is 3.03. The minimum atomic E-state index is 0.0243. The van der Waals surface area contributed by atoms with Crippen molar-refractivity contribution >= 4 is 22.7 Å². The second-order valence-corrected chi connectivity index (χ2v) is 8.45. The molecule has 2 aliphatic rings. The van der Waals surface area contributed by atoms with Crippen LogP contribution >= 0.6 is 0 Å². The fraction of sp³-hybridized carbons (Fsp3) is 0.333. The van der Waals surface area contributed by atoms with Gasteiger partial charge in [-0.3, -0.25) is 9.59 Å². The first-order valence-electron chi connectivity index (χ1n) is 10.3. The van der Waals surface area contributed by atoms with Crippen LogP contribution in [0.5, 0.6) is 0 Å². The average Bonchev–Trinajstić information content (AvgIpc) is 3.40. The molecule has 1 spiro atoms. The van der Waals surface area contributed by atoms with Gasteiger partial charge in [-0.25, -0.2) is 0 Å². The predicted molar refractivity (Wildman–Crippen MR) is 113 cm³/mol. The van der Waals surface area contributed by atoms with Gasteiger partial charge in [0.2, 0.25) is 0 Å². The van der Waals surface area contributed by atoms with Gasteiger partial charge in [0.1, 0.15) is 0 Å². The Labute approximate surface area is 170 Å². The van der Waals surface area contributed by atoms with Crippen molar-refractivity contribution in [3.63, 3.8) is 0 Å². The Morgan fingerprint density at radius 3 is 2.41 bits per heavy atom. The number of benzene rings is 2. The summed E-state index contributed by atoms with van der Waals surface area (Å²) in [6.07, 6.45) is 4.93. The van der Waals surface area contributed by atoms with E-state index in [1.165, 1.54) is 0 Å². The molecular weight excluding hydrogens is 362 g/mol. The molecule has 2 fully saturated rings. The lowest BCUT2D eigenvalue weighted by atomic mass is 9.79. The van der Waals surface area contributed by atoms with Gasteiger partial charge in [0, 0.05) is 59.8 Å². The van der Waals surface area contributed by atoms with Crippen LogP contribution in [0.1, 0.15) is 40.0 Å². The molecular formula is C24H25N3O2. The molecule has 0 saturated carbocycles. The highest BCUT2D eigenvalue weighted by Crippen LogP contribution is 2.40. The van der Waals surface area contributed by atoms with E-state index < -0.39 is 0 Å². The lowest BCUT2D eigenvalue weighted by Gasteiger charge is -2.40. The molecule has 0 aliphatic carbocycles. The zero-order valence-corrected chi connectivity index (χ0v) is 16.4. The molecule has 1 atom stereocenters. The number of piperidine rings is 1. The summed E-state index contributed by atoms with van der Waals surface area (Å²) >= 11 is 0. The maximum Gasteiger partial charge on any atom is 0.253 e. The molecule has 2 aromatic carbocycles. The zero-order valence-electron chi connectivity index (χ0n) is 16.4. The van der Waals surface area contributed by atoms with Crippen molar-refractivity contribution in [2.45, 2.75) is 19.3 Å². The van der Waals surface area contributed by atoms with Crippen LogP contribution in [0.4, 0.5) is 0 Å². The van der Waals surface area contributed by atoms with Crippen LogP contribution in [-0.4, -0.2) is 52.8 Å². The first kappa shape index (κ1) is 18.0. The second-order valence-electron chi connectivity index (χ2n) is 8.45. The van der Waals surface area contributed by atoms with Crippen LogP contribution in [0.3, 0.4) is 0 Å². The number of rotatable bonds is 2. The molecule has 148 valence electrons. The summed E-state index contributed by atoms with van der Waals surface area (Å²) < 4.78 is 0. The quantitative estimate of drug-likeness (QED) is 0.724. The van der Waals surface area contributed by atoms with Crippen molar-refractivity contribution in [1.82, 2.24) is 14.8 Å². The number of hydrogen-bond acceptors (Lipinski definition) is 2. The van der Waals surface area contributed by atoms with Gasteiger partial charge in [0.25, 0.3) is 11.8 Å². The minimum Gasteiger partial charge on any atom is -0.361 e. The predicted octanol–water partition coefficient (Wildman–Crippen LogP) is 3.94. The van der Waals surface area contributed by atoms with Gasteiger partial charge in [-0.05, 0) is 55.7 Å². The Morgan fingerprint density at radius 2 is 1.59 bits per heavy atom. The number of nitrogens with zero attached hydrogens (tertiary/aromatic N) is 2. The third kappa shape index (κ3) is 3.31. The number of aromatic nitrogens is 1. The molecule has 5 rings (SSSR count). The topological polar surface area (TPSA) is 56.4 Å². The molecule has 2 saturated heterocycles. The Hall–Kier alpha value is -3.08. The molecule has 5 heteroatoms. The van der Waals surface area contributed by atoms with E-state index in [4.69, 9.17) is 0 Å². The van der Waals surface area contributed by atoms with E-state index in [1.54, 1.807) is 0 Å². The van der Waals surface area contributed by atoms with Gasteiger partial charge >= 0.3 is 0 Å². The van der Waals surface area contributed by atoms with E-state index in [1.807, 2.05) is 70.6 Å². The number of aromatic amines is 1. The van der Waals surface area contributed by atoms with Crippen LogP contribution in [0.25, 0.3) is 10.9 Å². The minimum absolute atomic E-state index is 0.0243. The summed E-state index contributed by atoms with van der Waals surface area (Å²) in [4.78, 5) is 33.2. The molecule has 0 radical (unpaired) electrons. The number of amides is 2. The Kier molecular flexibility index (Phi) is 4.38. The summed E-state index contributed by atoms with van der Waals surface area (Å²) in [7, 11) is 0. The van der Waals surface area contributed by atoms with Gasteiger partial charge in [-0.1, -0.05) is 18.2 Å². The fourth-order valence-electron chi connectivity index (χ4n) is 4.96. The normalized spacial score (nSPS) is 21.8. The average molecular weight is 387 g/mol. The molecule has 0 bridgehead atoms. The number of H-pyrrole nitrogens is 1. The first-order valence-corrected chi connectivity index (χ1v) is 10.3. The number of fused-ring (bicyclic) bond motifs is 1. The zero-order chi connectivity index (χ0) is 19.8. The number of hydrogen-bond donors (Lipinski definition) is 1. The molecule has 3 aromatic rings. The third-order valence-electron chi connectivity index (χ3n) is 6.50. The fourth-order valence-corrected chi connectivity index (χ4v) is 4.96. The van der Waals surface area contributed by atoms with E-state index in [-0.39, 0.29) is 17.2 Å². The highest BCUT2D eigenvalue weighted by molar-refractivity contribution is 5.98. The first-order chi connectivity index (χ1) is 14.1. The lowest BCUT2D eigenvalue weighted by Crippen LogP contribution is -2.47. The lowest BCUT2D eigenvalue weighted by molar-refractivity contribution is 0.0516. The smallest absolute Gasteiger partial charge is 0.253 e. The van der Waals surface area contributed by atoms with E-state index in [0.29, 0.717) is 0 Å². The van der Waals surface area contributed by atoms with Gasteiger partial charge in [0.15, 0.2) is 0 Å². The van der Waals surface area contributed by atoms with Crippen molar-refractivity contribution < 1.29 is 9.59 Å². The van der Waals surface area contributed by atoms with Crippen molar-refractivity contribution in [1.29, 1.82) is 0 Å². The molecule has 5 nitrogen and oxygen atoms in total. The monoisotopic (exact) mass is 387 g/mol. The molecule has 1 unspecified atom stereocenters.